The van der Waals surface area contributed by atoms with Crippen LogP contribution in [0.2, 0.25) is 0 Å². The number of halogens is 1. The molecule has 29 heavy (non-hydrogen) atoms. The van der Waals surface area contributed by atoms with Crippen LogP contribution in [0.15, 0.2) is 79.4 Å². The third kappa shape index (κ3) is 4.72. The van der Waals surface area contributed by atoms with Gasteiger partial charge in [-0.05, 0) is 48.5 Å². The number of anilines is 4. The van der Waals surface area contributed by atoms with Gasteiger partial charge in [0.05, 0.1) is 0 Å². The first kappa shape index (κ1) is 18.1. The van der Waals surface area contributed by atoms with E-state index in [-0.39, 0.29) is 0 Å². The molecule has 4 aromatic rings. The van der Waals surface area contributed by atoms with Gasteiger partial charge in [0, 0.05) is 35.5 Å². The summed E-state index contributed by atoms with van der Waals surface area (Å²) in [6.45, 7) is 0. The van der Waals surface area contributed by atoms with E-state index in [2.05, 4.69) is 31.0 Å². The van der Waals surface area contributed by atoms with E-state index in [1.807, 2.05) is 6.07 Å². The van der Waals surface area contributed by atoms with Crippen molar-refractivity contribution in [2.45, 2.75) is 0 Å². The summed E-state index contributed by atoms with van der Waals surface area (Å²) < 4.78 is 14.8. The van der Waals surface area contributed by atoms with Crippen molar-refractivity contribution in [1.82, 2.24) is 19.7 Å². The topological polar surface area (TPSA) is 96.8 Å². The van der Waals surface area contributed by atoms with Gasteiger partial charge in [0.1, 0.15) is 18.0 Å². The molecule has 9 heteroatoms. The zero-order chi connectivity index (χ0) is 20.1. The molecule has 2 amide bonds. The van der Waals surface area contributed by atoms with Crippen LogP contribution in [-0.4, -0.2) is 25.8 Å². The molecule has 2 heterocycles. The fourth-order valence-electron chi connectivity index (χ4n) is 2.59. The molecule has 0 radical (unpaired) electrons. The Labute approximate surface area is 165 Å². The summed E-state index contributed by atoms with van der Waals surface area (Å²) in [5.74, 6) is 0.827. The Morgan fingerprint density at radius 3 is 2.45 bits per heavy atom. The molecule has 0 spiro atoms. The predicted molar refractivity (Wildman–Crippen MR) is 108 cm³/mol. The zero-order valence-corrected chi connectivity index (χ0v) is 15.1. The van der Waals surface area contributed by atoms with Crippen LogP contribution in [0.25, 0.3) is 5.82 Å². The minimum Gasteiger partial charge on any atom is -0.340 e. The van der Waals surface area contributed by atoms with Gasteiger partial charge in [-0.2, -0.15) is 5.10 Å². The van der Waals surface area contributed by atoms with Gasteiger partial charge in [0.25, 0.3) is 0 Å². The number of aromatic nitrogens is 4. The first-order valence-corrected chi connectivity index (χ1v) is 8.68. The Balaban J connectivity index is 1.38. The number of nitrogens with zero attached hydrogens (tertiary/aromatic N) is 4. The number of nitrogens with one attached hydrogen (secondary N) is 3. The first-order chi connectivity index (χ1) is 14.2. The first-order valence-electron chi connectivity index (χ1n) is 8.68. The highest BCUT2D eigenvalue weighted by atomic mass is 19.1. The molecule has 2 aromatic carbocycles. The van der Waals surface area contributed by atoms with Gasteiger partial charge in [-0.3, -0.25) is 0 Å². The van der Waals surface area contributed by atoms with E-state index < -0.39 is 11.8 Å². The Morgan fingerprint density at radius 1 is 0.897 bits per heavy atom. The highest BCUT2D eigenvalue weighted by molar-refractivity contribution is 5.99. The summed E-state index contributed by atoms with van der Waals surface area (Å²) in [4.78, 5) is 20.4. The number of carbonyl (C=O) groups excluding carboxylic acids is 1. The summed E-state index contributed by atoms with van der Waals surface area (Å²) in [5, 5.41) is 12.6. The number of benzene rings is 2. The number of hydrogen-bond acceptors (Lipinski definition) is 5. The lowest BCUT2D eigenvalue weighted by atomic mass is 10.2. The largest absolute Gasteiger partial charge is 0.340 e. The van der Waals surface area contributed by atoms with Gasteiger partial charge in [-0.1, -0.05) is 6.07 Å². The SMILES string of the molecule is O=C(Nc1ccc(Nc2cc(-n3cccn3)ncn2)cc1)Nc1cccc(F)c1. The smallest absolute Gasteiger partial charge is 0.323 e. The van der Waals surface area contributed by atoms with Crippen LogP contribution in [-0.2, 0) is 0 Å². The molecule has 2 aromatic heterocycles. The Bertz CT molecular complexity index is 1110. The van der Waals surface area contributed by atoms with Crippen molar-refractivity contribution in [1.29, 1.82) is 0 Å². The standard InChI is InChI=1S/C20H16FN7O/c21-14-3-1-4-17(11-14)27-20(29)26-16-7-5-15(6-8-16)25-18-12-19(23-13-22-18)28-10-2-9-24-28/h1-13H,(H,22,23,25)(H2,26,27,29). The van der Waals surface area contributed by atoms with Gasteiger partial charge in [-0.15, -0.1) is 0 Å². The third-order valence-corrected chi connectivity index (χ3v) is 3.89. The fraction of sp³-hybridized carbons (Fsp3) is 0. The van der Waals surface area contributed by atoms with Gasteiger partial charge in [0.15, 0.2) is 5.82 Å². The van der Waals surface area contributed by atoms with Crippen LogP contribution < -0.4 is 16.0 Å². The summed E-state index contributed by atoms with van der Waals surface area (Å²) >= 11 is 0. The lowest BCUT2D eigenvalue weighted by molar-refractivity contribution is 0.262. The molecule has 8 nitrogen and oxygen atoms in total. The van der Waals surface area contributed by atoms with Gasteiger partial charge >= 0.3 is 6.03 Å². The van der Waals surface area contributed by atoms with E-state index in [1.54, 1.807) is 53.5 Å². The normalized spacial score (nSPS) is 10.4. The molecule has 4 rings (SSSR count). The predicted octanol–water partition coefficient (Wildman–Crippen LogP) is 4.19. The molecule has 0 saturated carbocycles. The lowest BCUT2D eigenvalue weighted by Gasteiger charge is -2.10. The lowest BCUT2D eigenvalue weighted by Crippen LogP contribution is -2.19. The molecule has 0 bridgehead atoms. The van der Waals surface area contributed by atoms with Gasteiger partial charge in [0.2, 0.25) is 0 Å². The van der Waals surface area contributed by atoms with Gasteiger partial charge < -0.3 is 16.0 Å². The second-order valence-electron chi connectivity index (χ2n) is 6.00. The minimum atomic E-state index is -0.462. The number of carbonyl (C=O) groups is 1. The summed E-state index contributed by atoms with van der Waals surface area (Å²) in [6.07, 6.45) is 4.92. The van der Waals surface area contributed by atoms with Crippen molar-refractivity contribution < 1.29 is 9.18 Å². The van der Waals surface area contributed by atoms with Crippen LogP contribution in [0, 0.1) is 5.82 Å². The Kier molecular flexibility index (Phi) is 5.10. The molecule has 144 valence electrons. The monoisotopic (exact) mass is 389 g/mol. The van der Waals surface area contributed by atoms with Crippen LogP contribution in [0.5, 0.6) is 0 Å². The maximum absolute atomic E-state index is 13.2. The van der Waals surface area contributed by atoms with E-state index in [0.717, 1.165) is 5.69 Å². The van der Waals surface area contributed by atoms with Crippen LogP contribution in [0.1, 0.15) is 0 Å². The van der Waals surface area contributed by atoms with Crippen LogP contribution >= 0.6 is 0 Å². The maximum Gasteiger partial charge on any atom is 0.323 e. The van der Waals surface area contributed by atoms with Crippen molar-refractivity contribution >= 4 is 28.9 Å². The van der Waals surface area contributed by atoms with Crippen LogP contribution in [0.4, 0.5) is 32.1 Å². The molecule has 0 saturated heterocycles. The highest BCUT2D eigenvalue weighted by Gasteiger charge is 2.05. The molecular weight excluding hydrogens is 373 g/mol. The number of hydrogen-bond donors (Lipinski definition) is 3. The fourth-order valence-corrected chi connectivity index (χ4v) is 2.59. The number of amides is 2. The highest BCUT2D eigenvalue weighted by Crippen LogP contribution is 2.19. The zero-order valence-electron chi connectivity index (χ0n) is 15.1. The molecule has 0 fully saturated rings. The maximum atomic E-state index is 13.2. The van der Waals surface area contributed by atoms with Gasteiger partial charge in [-0.25, -0.2) is 23.8 Å². The summed E-state index contributed by atoms with van der Waals surface area (Å²) in [5.41, 5.74) is 1.74. The molecule has 0 aliphatic rings. The van der Waals surface area contributed by atoms with Crippen molar-refractivity contribution in [3.8, 4) is 5.82 Å². The average Bonchev–Trinajstić information content (AvgIpc) is 3.25. The van der Waals surface area contributed by atoms with Crippen molar-refractivity contribution in [2.75, 3.05) is 16.0 Å². The Morgan fingerprint density at radius 2 is 1.69 bits per heavy atom. The molecule has 3 N–H and O–H groups in total. The quantitative estimate of drug-likeness (QED) is 0.476. The van der Waals surface area contributed by atoms with Crippen molar-refractivity contribution in [3.05, 3.63) is 85.2 Å². The molecule has 0 unspecified atom stereocenters. The molecular formula is C20H16FN7O. The van der Waals surface area contributed by atoms with E-state index in [0.29, 0.717) is 23.0 Å². The third-order valence-electron chi connectivity index (χ3n) is 3.89. The summed E-state index contributed by atoms with van der Waals surface area (Å²) in [7, 11) is 0. The second kappa shape index (κ2) is 8.17. The number of rotatable bonds is 5. The second-order valence-corrected chi connectivity index (χ2v) is 6.00. The van der Waals surface area contributed by atoms with E-state index in [1.165, 1.54) is 24.5 Å². The average molecular weight is 389 g/mol. The van der Waals surface area contributed by atoms with E-state index in [4.69, 9.17) is 0 Å². The molecule has 0 aliphatic carbocycles. The number of urea groups is 1. The molecule has 0 atom stereocenters. The Hall–Kier alpha value is -4.27. The van der Waals surface area contributed by atoms with Crippen molar-refractivity contribution in [2.24, 2.45) is 0 Å². The summed E-state index contributed by atoms with van der Waals surface area (Å²) in [6, 6.07) is 15.9. The van der Waals surface area contributed by atoms with E-state index >= 15 is 0 Å². The van der Waals surface area contributed by atoms with E-state index in [9.17, 15) is 9.18 Å². The molecule has 0 aliphatic heterocycles. The minimum absolute atomic E-state index is 0.373. The van der Waals surface area contributed by atoms with Crippen molar-refractivity contribution in [3.63, 3.8) is 0 Å². The van der Waals surface area contributed by atoms with Crippen LogP contribution in [0.3, 0.4) is 0 Å².